The average molecular weight is 145 g/mol. The molecule has 0 aliphatic heterocycles. The van der Waals surface area contributed by atoms with Gasteiger partial charge in [0.05, 0.1) is 0 Å². The van der Waals surface area contributed by atoms with Crippen LogP contribution in [-0.2, 0) is 0 Å². The first-order valence-corrected chi connectivity index (χ1v) is 2.67. The standard InChI is InChI=1S/C6H5F2NO/c7-6(8)9-4-2-1-3-5(9)10/h1-4,6H. The van der Waals surface area contributed by atoms with Gasteiger partial charge in [-0.3, -0.25) is 9.36 Å². The van der Waals surface area contributed by atoms with E-state index >= 15 is 0 Å². The van der Waals surface area contributed by atoms with Gasteiger partial charge in [-0.1, -0.05) is 6.07 Å². The number of alkyl halides is 2. The number of aromatic nitrogens is 1. The molecule has 0 aliphatic rings. The van der Waals surface area contributed by atoms with Crippen molar-refractivity contribution in [2.45, 2.75) is 6.55 Å². The van der Waals surface area contributed by atoms with Gasteiger partial charge in [-0.15, -0.1) is 0 Å². The molecule has 0 aliphatic carbocycles. The first kappa shape index (κ1) is 6.92. The van der Waals surface area contributed by atoms with E-state index in [1.807, 2.05) is 0 Å². The van der Waals surface area contributed by atoms with Gasteiger partial charge in [0.25, 0.3) is 5.56 Å². The van der Waals surface area contributed by atoms with Gasteiger partial charge in [-0.25, -0.2) is 0 Å². The Balaban J connectivity index is 3.16. The van der Waals surface area contributed by atoms with Crippen LogP contribution in [-0.4, -0.2) is 4.57 Å². The topological polar surface area (TPSA) is 22.0 Å². The summed E-state index contributed by atoms with van der Waals surface area (Å²) in [6.45, 7) is -2.74. The van der Waals surface area contributed by atoms with Gasteiger partial charge in [-0.2, -0.15) is 8.78 Å². The summed E-state index contributed by atoms with van der Waals surface area (Å²) in [5.41, 5.74) is -0.683. The van der Waals surface area contributed by atoms with Crippen molar-refractivity contribution >= 4 is 0 Å². The monoisotopic (exact) mass is 145 g/mol. The number of pyridine rings is 1. The van der Waals surface area contributed by atoms with Crippen molar-refractivity contribution in [2.24, 2.45) is 0 Å². The van der Waals surface area contributed by atoms with E-state index in [-0.39, 0.29) is 0 Å². The van der Waals surface area contributed by atoms with E-state index in [1.165, 1.54) is 12.1 Å². The van der Waals surface area contributed by atoms with E-state index in [0.717, 1.165) is 12.3 Å². The van der Waals surface area contributed by atoms with Crippen molar-refractivity contribution in [3.05, 3.63) is 34.7 Å². The van der Waals surface area contributed by atoms with Crippen molar-refractivity contribution in [1.82, 2.24) is 4.57 Å². The highest BCUT2D eigenvalue weighted by molar-refractivity contribution is 4.93. The Morgan fingerprint density at radius 2 is 2.10 bits per heavy atom. The van der Waals surface area contributed by atoms with Gasteiger partial charge in [-0.05, 0) is 6.07 Å². The predicted octanol–water partition coefficient (Wildman–Crippen LogP) is 1.24. The lowest BCUT2D eigenvalue weighted by molar-refractivity contribution is 0.0663. The first-order chi connectivity index (χ1) is 4.72. The van der Waals surface area contributed by atoms with Gasteiger partial charge in [0, 0.05) is 12.3 Å². The van der Waals surface area contributed by atoms with Crippen LogP contribution in [0.1, 0.15) is 6.55 Å². The summed E-state index contributed by atoms with van der Waals surface area (Å²) < 4.78 is 23.9. The van der Waals surface area contributed by atoms with Gasteiger partial charge in [0.1, 0.15) is 0 Å². The molecule has 2 nitrogen and oxygen atoms in total. The Kier molecular flexibility index (Phi) is 1.80. The number of rotatable bonds is 1. The van der Waals surface area contributed by atoms with E-state index < -0.39 is 12.1 Å². The molecule has 1 heterocycles. The lowest BCUT2D eigenvalue weighted by Gasteiger charge is -1.99. The zero-order valence-electron chi connectivity index (χ0n) is 5.00. The zero-order chi connectivity index (χ0) is 7.56. The van der Waals surface area contributed by atoms with Crippen LogP contribution in [0.5, 0.6) is 0 Å². The van der Waals surface area contributed by atoms with Crippen LogP contribution in [0.4, 0.5) is 8.78 Å². The molecule has 10 heavy (non-hydrogen) atoms. The number of nitrogens with zero attached hydrogens (tertiary/aromatic N) is 1. The minimum Gasteiger partial charge on any atom is -0.269 e. The lowest BCUT2D eigenvalue weighted by atomic mass is 10.5. The number of halogens is 2. The quantitative estimate of drug-likeness (QED) is 0.582. The third kappa shape index (κ3) is 1.21. The molecule has 0 fully saturated rings. The Hall–Kier alpha value is -1.19. The number of hydrogen-bond donors (Lipinski definition) is 0. The molecule has 54 valence electrons. The molecule has 0 aromatic carbocycles. The largest absolute Gasteiger partial charge is 0.321 e. The minimum absolute atomic E-state index is 0.361. The molecule has 0 spiro atoms. The third-order valence-corrected chi connectivity index (χ3v) is 1.06. The second-order valence-corrected chi connectivity index (χ2v) is 1.72. The Morgan fingerprint density at radius 3 is 2.50 bits per heavy atom. The normalized spacial score (nSPS) is 10.3. The minimum atomic E-state index is -2.74. The second kappa shape index (κ2) is 2.60. The molecule has 4 heteroatoms. The fourth-order valence-corrected chi connectivity index (χ4v) is 0.601. The summed E-state index contributed by atoms with van der Waals surface area (Å²) in [6, 6.07) is 3.89. The van der Waals surface area contributed by atoms with Gasteiger partial charge in [0.2, 0.25) is 0 Å². The summed E-state index contributed by atoms with van der Waals surface area (Å²) in [4.78, 5) is 10.5. The van der Waals surface area contributed by atoms with Crippen LogP contribution < -0.4 is 5.56 Å². The van der Waals surface area contributed by atoms with E-state index in [2.05, 4.69) is 0 Å². The predicted molar refractivity (Wildman–Crippen MR) is 32.0 cm³/mol. The maximum Gasteiger partial charge on any atom is 0.321 e. The smallest absolute Gasteiger partial charge is 0.269 e. The van der Waals surface area contributed by atoms with Crippen LogP contribution in [0.15, 0.2) is 29.2 Å². The molecule has 1 aromatic heterocycles. The Morgan fingerprint density at radius 1 is 1.40 bits per heavy atom. The Bertz CT molecular complexity index is 268. The molecular formula is C6H5F2NO. The summed E-state index contributed by atoms with van der Waals surface area (Å²) in [6.07, 6.45) is 1.05. The zero-order valence-corrected chi connectivity index (χ0v) is 5.00. The summed E-state index contributed by atoms with van der Waals surface area (Å²) >= 11 is 0. The van der Waals surface area contributed by atoms with Crippen LogP contribution in [0.2, 0.25) is 0 Å². The van der Waals surface area contributed by atoms with Gasteiger partial charge < -0.3 is 0 Å². The van der Waals surface area contributed by atoms with E-state index in [0.29, 0.717) is 4.57 Å². The molecule has 0 N–H and O–H groups in total. The molecule has 1 rings (SSSR count). The first-order valence-electron chi connectivity index (χ1n) is 2.67. The Labute approximate surface area is 55.7 Å². The van der Waals surface area contributed by atoms with Crippen LogP contribution in [0.3, 0.4) is 0 Å². The van der Waals surface area contributed by atoms with Crippen molar-refractivity contribution in [3.8, 4) is 0 Å². The summed E-state index contributed by atoms with van der Waals surface area (Å²) in [5, 5.41) is 0. The lowest BCUT2D eigenvalue weighted by Crippen LogP contribution is -2.17. The van der Waals surface area contributed by atoms with Crippen molar-refractivity contribution in [2.75, 3.05) is 0 Å². The number of hydrogen-bond acceptors (Lipinski definition) is 1. The highest BCUT2D eigenvalue weighted by Gasteiger charge is 2.03. The molecule has 0 saturated carbocycles. The van der Waals surface area contributed by atoms with Gasteiger partial charge >= 0.3 is 6.55 Å². The second-order valence-electron chi connectivity index (χ2n) is 1.72. The average Bonchev–Trinajstić information content (AvgIpc) is 1.88. The molecule has 0 bridgehead atoms. The van der Waals surface area contributed by atoms with Crippen LogP contribution in [0.25, 0.3) is 0 Å². The molecule has 0 saturated heterocycles. The van der Waals surface area contributed by atoms with Crippen LogP contribution in [0, 0.1) is 0 Å². The van der Waals surface area contributed by atoms with Crippen LogP contribution >= 0.6 is 0 Å². The van der Waals surface area contributed by atoms with E-state index in [4.69, 9.17) is 0 Å². The van der Waals surface area contributed by atoms with E-state index in [1.54, 1.807) is 0 Å². The molecule has 0 atom stereocenters. The third-order valence-electron chi connectivity index (χ3n) is 1.06. The maximum absolute atomic E-state index is 11.8. The van der Waals surface area contributed by atoms with Crippen molar-refractivity contribution in [3.63, 3.8) is 0 Å². The molecule has 0 radical (unpaired) electrons. The fraction of sp³-hybridized carbons (Fsp3) is 0.167. The van der Waals surface area contributed by atoms with E-state index in [9.17, 15) is 13.6 Å². The SMILES string of the molecule is O=c1ccccn1C(F)F. The molecule has 0 amide bonds. The maximum atomic E-state index is 11.8. The highest BCUT2D eigenvalue weighted by Crippen LogP contribution is 2.03. The van der Waals surface area contributed by atoms with Crippen molar-refractivity contribution in [1.29, 1.82) is 0 Å². The van der Waals surface area contributed by atoms with Crippen molar-refractivity contribution < 1.29 is 8.78 Å². The molecular weight excluding hydrogens is 140 g/mol. The molecule has 0 unspecified atom stereocenters. The fourth-order valence-electron chi connectivity index (χ4n) is 0.601. The summed E-state index contributed by atoms with van der Waals surface area (Å²) in [5.74, 6) is 0. The highest BCUT2D eigenvalue weighted by atomic mass is 19.3. The molecule has 1 aromatic rings. The van der Waals surface area contributed by atoms with Gasteiger partial charge in [0.15, 0.2) is 0 Å². The summed E-state index contributed by atoms with van der Waals surface area (Å²) in [7, 11) is 0.